The summed E-state index contributed by atoms with van der Waals surface area (Å²) in [6.45, 7) is 2.32. The van der Waals surface area contributed by atoms with Gasteiger partial charge in [-0.25, -0.2) is 4.39 Å². The van der Waals surface area contributed by atoms with E-state index < -0.39 is 0 Å². The van der Waals surface area contributed by atoms with Gasteiger partial charge in [-0.1, -0.05) is 28.1 Å². The van der Waals surface area contributed by atoms with Crippen molar-refractivity contribution < 1.29 is 9.13 Å². The molecule has 0 heterocycles. The van der Waals surface area contributed by atoms with Crippen LogP contribution in [0.1, 0.15) is 11.1 Å². The molecule has 0 radical (unpaired) electrons. The molecule has 0 unspecified atom stereocenters. The van der Waals surface area contributed by atoms with Crippen molar-refractivity contribution in [3.8, 4) is 11.5 Å². The number of benzene rings is 2. The minimum atomic E-state index is -0.267. The number of rotatable bonds is 4. The first kappa shape index (κ1) is 14.0. The zero-order chi connectivity index (χ0) is 13.8. The minimum absolute atomic E-state index is 0.267. The molecule has 0 amide bonds. The number of hydrogen-bond donors (Lipinski definition) is 1. The molecule has 0 spiro atoms. The molecule has 2 N–H and O–H groups in total. The van der Waals surface area contributed by atoms with Crippen molar-refractivity contribution in [2.75, 3.05) is 6.54 Å². The highest BCUT2D eigenvalue weighted by molar-refractivity contribution is 9.10. The van der Waals surface area contributed by atoms with Crippen LogP contribution in [0.25, 0.3) is 0 Å². The van der Waals surface area contributed by atoms with Crippen LogP contribution in [0.4, 0.5) is 4.39 Å². The van der Waals surface area contributed by atoms with Gasteiger partial charge in [-0.2, -0.15) is 0 Å². The highest BCUT2D eigenvalue weighted by Gasteiger charge is 2.05. The van der Waals surface area contributed by atoms with Crippen LogP contribution in [-0.2, 0) is 6.42 Å². The number of nitrogens with two attached hydrogens (primary N) is 1. The van der Waals surface area contributed by atoms with Crippen LogP contribution in [-0.4, -0.2) is 6.54 Å². The van der Waals surface area contributed by atoms with Gasteiger partial charge in [-0.3, -0.25) is 0 Å². The third kappa shape index (κ3) is 3.55. The fourth-order valence-electron chi connectivity index (χ4n) is 1.72. The predicted molar refractivity (Wildman–Crippen MR) is 78.1 cm³/mol. The van der Waals surface area contributed by atoms with Crippen LogP contribution >= 0.6 is 15.9 Å². The molecule has 0 aliphatic rings. The summed E-state index contributed by atoms with van der Waals surface area (Å²) in [6.07, 6.45) is 0.806. The third-order valence-electron chi connectivity index (χ3n) is 2.82. The summed E-state index contributed by atoms with van der Waals surface area (Å²) in [4.78, 5) is 0. The Morgan fingerprint density at radius 3 is 2.47 bits per heavy atom. The van der Waals surface area contributed by atoms with E-state index in [1.165, 1.54) is 6.07 Å². The standard InChI is InChI=1S/C15H15BrFNO/c1-10-2-4-13(9-15(10)17)19-12-5-3-11(6-7-18)14(16)8-12/h2-5,8-9H,6-7,18H2,1H3. The lowest BCUT2D eigenvalue weighted by atomic mass is 10.1. The number of ether oxygens (including phenoxy) is 1. The molecule has 2 nitrogen and oxygen atoms in total. The second-order valence-electron chi connectivity index (χ2n) is 4.30. The summed E-state index contributed by atoms with van der Waals surface area (Å²) < 4.78 is 20.0. The van der Waals surface area contributed by atoms with E-state index in [-0.39, 0.29) is 5.82 Å². The smallest absolute Gasteiger partial charge is 0.130 e. The molecule has 0 saturated heterocycles. The lowest BCUT2D eigenvalue weighted by molar-refractivity contribution is 0.475. The van der Waals surface area contributed by atoms with Crippen molar-refractivity contribution in [3.05, 3.63) is 57.8 Å². The summed E-state index contributed by atoms with van der Waals surface area (Å²) in [7, 11) is 0. The quantitative estimate of drug-likeness (QED) is 0.915. The van der Waals surface area contributed by atoms with Crippen LogP contribution in [0.15, 0.2) is 40.9 Å². The lowest BCUT2D eigenvalue weighted by Crippen LogP contribution is -2.03. The molecule has 100 valence electrons. The molecule has 0 fully saturated rings. The number of hydrogen-bond acceptors (Lipinski definition) is 2. The molecule has 0 aliphatic heterocycles. The molecule has 0 aliphatic carbocycles. The zero-order valence-electron chi connectivity index (χ0n) is 10.6. The average Bonchev–Trinajstić information content (AvgIpc) is 2.37. The van der Waals surface area contributed by atoms with E-state index >= 15 is 0 Å². The summed E-state index contributed by atoms with van der Waals surface area (Å²) in [5, 5.41) is 0. The third-order valence-corrected chi connectivity index (χ3v) is 3.56. The van der Waals surface area contributed by atoms with E-state index in [2.05, 4.69) is 15.9 Å². The number of halogens is 2. The van der Waals surface area contributed by atoms with E-state index in [0.29, 0.717) is 23.6 Å². The Labute approximate surface area is 120 Å². The van der Waals surface area contributed by atoms with Crippen LogP contribution < -0.4 is 10.5 Å². The van der Waals surface area contributed by atoms with Crippen LogP contribution in [0.5, 0.6) is 11.5 Å². The lowest BCUT2D eigenvalue weighted by Gasteiger charge is -2.09. The topological polar surface area (TPSA) is 35.2 Å². The molecule has 0 aromatic heterocycles. The molecule has 0 bridgehead atoms. The van der Waals surface area contributed by atoms with E-state index in [0.717, 1.165) is 16.5 Å². The van der Waals surface area contributed by atoms with Gasteiger partial charge in [-0.05, 0) is 49.2 Å². The predicted octanol–water partition coefficient (Wildman–Crippen LogP) is 4.19. The van der Waals surface area contributed by atoms with E-state index in [1.54, 1.807) is 19.1 Å². The largest absolute Gasteiger partial charge is 0.457 e. The molecule has 2 aromatic carbocycles. The van der Waals surface area contributed by atoms with Crippen molar-refractivity contribution in [1.82, 2.24) is 0 Å². The Morgan fingerprint density at radius 2 is 1.84 bits per heavy atom. The zero-order valence-corrected chi connectivity index (χ0v) is 12.2. The first-order chi connectivity index (χ1) is 9.10. The van der Waals surface area contributed by atoms with Crippen LogP contribution in [0.2, 0.25) is 0 Å². The molecular weight excluding hydrogens is 309 g/mol. The van der Waals surface area contributed by atoms with Gasteiger partial charge in [0.05, 0.1) is 0 Å². The second kappa shape index (κ2) is 6.17. The maximum atomic E-state index is 13.4. The molecule has 4 heteroatoms. The van der Waals surface area contributed by atoms with Gasteiger partial charge in [0.2, 0.25) is 0 Å². The van der Waals surface area contributed by atoms with E-state index in [1.807, 2.05) is 18.2 Å². The van der Waals surface area contributed by atoms with Crippen molar-refractivity contribution in [2.45, 2.75) is 13.3 Å². The van der Waals surface area contributed by atoms with Gasteiger partial charge in [-0.15, -0.1) is 0 Å². The Balaban J connectivity index is 2.19. The normalized spacial score (nSPS) is 10.5. The molecule has 19 heavy (non-hydrogen) atoms. The van der Waals surface area contributed by atoms with Gasteiger partial charge in [0.15, 0.2) is 0 Å². The minimum Gasteiger partial charge on any atom is -0.457 e. The van der Waals surface area contributed by atoms with E-state index in [9.17, 15) is 4.39 Å². The fraction of sp³-hybridized carbons (Fsp3) is 0.200. The highest BCUT2D eigenvalue weighted by Crippen LogP contribution is 2.28. The summed E-state index contributed by atoms with van der Waals surface area (Å²) >= 11 is 3.48. The molecule has 0 atom stereocenters. The Hall–Kier alpha value is -1.39. The Bertz CT molecular complexity index is 586. The number of aryl methyl sites for hydroxylation is 1. The fourth-order valence-corrected chi connectivity index (χ4v) is 2.28. The Morgan fingerprint density at radius 1 is 1.16 bits per heavy atom. The van der Waals surface area contributed by atoms with Gasteiger partial charge in [0.25, 0.3) is 0 Å². The summed E-state index contributed by atoms with van der Waals surface area (Å²) in [5.74, 6) is 0.883. The first-order valence-corrected chi connectivity index (χ1v) is 6.82. The second-order valence-corrected chi connectivity index (χ2v) is 5.16. The Kier molecular flexibility index (Phi) is 4.56. The van der Waals surface area contributed by atoms with Gasteiger partial charge < -0.3 is 10.5 Å². The van der Waals surface area contributed by atoms with Crippen molar-refractivity contribution in [2.24, 2.45) is 5.73 Å². The molecule has 2 aromatic rings. The maximum absolute atomic E-state index is 13.4. The maximum Gasteiger partial charge on any atom is 0.130 e. The van der Waals surface area contributed by atoms with Crippen molar-refractivity contribution in [1.29, 1.82) is 0 Å². The van der Waals surface area contributed by atoms with Crippen molar-refractivity contribution >= 4 is 15.9 Å². The molecular formula is C15H15BrFNO. The van der Waals surface area contributed by atoms with Crippen LogP contribution in [0, 0.1) is 12.7 Å². The van der Waals surface area contributed by atoms with E-state index in [4.69, 9.17) is 10.5 Å². The van der Waals surface area contributed by atoms with Crippen LogP contribution in [0.3, 0.4) is 0 Å². The summed E-state index contributed by atoms with van der Waals surface area (Å²) in [5.41, 5.74) is 7.26. The monoisotopic (exact) mass is 323 g/mol. The first-order valence-electron chi connectivity index (χ1n) is 6.02. The SMILES string of the molecule is Cc1ccc(Oc2ccc(CCN)c(Br)c2)cc1F. The van der Waals surface area contributed by atoms with Gasteiger partial charge in [0, 0.05) is 10.5 Å². The average molecular weight is 324 g/mol. The highest BCUT2D eigenvalue weighted by atomic mass is 79.9. The molecule has 2 rings (SSSR count). The van der Waals surface area contributed by atoms with Crippen molar-refractivity contribution in [3.63, 3.8) is 0 Å². The molecule has 0 saturated carbocycles. The van der Waals surface area contributed by atoms with Gasteiger partial charge in [0.1, 0.15) is 17.3 Å². The van der Waals surface area contributed by atoms with Gasteiger partial charge >= 0.3 is 0 Å². The summed E-state index contributed by atoms with van der Waals surface area (Å²) in [6, 6.07) is 10.5.